The highest BCUT2D eigenvalue weighted by Gasteiger charge is 2.04. The lowest BCUT2D eigenvalue weighted by Crippen LogP contribution is -2.22. The summed E-state index contributed by atoms with van der Waals surface area (Å²) in [4.78, 5) is 15.1. The molecule has 0 aliphatic heterocycles. The number of hydrogen-bond donors (Lipinski definition) is 3. The first-order chi connectivity index (χ1) is 12.3. The van der Waals surface area contributed by atoms with Crippen LogP contribution in [0.1, 0.15) is 17.7 Å². The average molecular weight is 376 g/mol. The number of rotatable bonds is 7. The van der Waals surface area contributed by atoms with Crippen molar-refractivity contribution in [2.75, 3.05) is 37.8 Å². The smallest absolute Gasteiger partial charge is 0.254 e. The van der Waals surface area contributed by atoms with Crippen LogP contribution in [-0.2, 0) is 0 Å². The molecule has 4 N–H and O–H groups in total. The third-order valence-electron chi connectivity index (χ3n) is 3.58. The fourth-order valence-corrected chi connectivity index (χ4v) is 2.43. The van der Waals surface area contributed by atoms with Crippen molar-refractivity contribution in [3.05, 3.63) is 40.5 Å². The van der Waals surface area contributed by atoms with Gasteiger partial charge in [-0.05, 0) is 64.7 Å². The number of aromatic nitrogens is 2. The Hall–Kier alpha value is -2.38. The maximum Gasteiger partial charge on any atom is 0.254 e. The van der Waals surface area contributed by atoms with E-state index in [1.54, 1.807) is 0 Å². The van der Waals surface area contributed by atoms with Crippen molar-refractivity contribution in [1.29, 1.82) is 0 Å². The molecule has 1 heterocycles. The third kappa shape index (κ3) is 6.50. The zero-order valence-corrected chi connectivity index (χ0v) is 16.4. The zero-order valence-electron chi connectivity index (χ0n) is 15.7. The van der Waals surface area contributed by atoms with Gasteiger partial charge in [-0.1, -0.05) is 11.6 Å². The highest BCUT2D eigenvalue weighted by atomic mass is 35.5. The van der Waals surface area contributed by atoms with Crippen LogP contribution < -0.4 is 16.4 Å². The number of nitrogens with two attached hydrogens (primary N) is 1. The van der Waals surface area contributed by atoms with Crippen LogP contribution in [0.4, 0.5) is 17.5 Å². The highest BCUT2D eigenvalue weighted by Crippen LogP contribution is 2.19. The van der Waals surface area contributed by atoms with Gasteiger partial charge in [-0.25, -0.2) is 4.98 Å². The quantitative estimate of drug-likeness (QED) is 0.391. The molecule has 0 aliphatic carbocycles. The Morgan fingerprint density at radius 1 is 1.23 bits per heavy atom. The van der Waals surface area contributed by atoms with Gasteiger partial charge in [-0.3, -0.25) is 0 Å². The van der Waals surface area contributed by atoms with E-state index in [0.29, 0.717) is 11.0 Å². The average Bonchev–Trinajstić information content (AvgIpc) is 2.54. The molecule has 0 fully saturated rings. The van der Waals surface area contributed by atoms with Crippen LogP contribution in [0.2, 0.25) is 5.02 Å². The van der Waals surface area contributed by atoms with Crippen molar-refractivity contribution in [3.63, 3.8) is 0 Å². The van der Waals surface area contributed by atoms with Gasteiger partial charge in [0, 0.05) is 29.0 Å². The summed E-state index contributed by atoms with van der Waals surface area (Å²) in [7, 11) is 4.11. The summed E-state index contributed by atoms with van der Waals surface area (Å²) in [5.41, 5.74) is 8.57. The molecule has 1 aromatic heterocycles. The molecule has 0 spiro atoms. The molecule has 26 heavy (non-hydrogen) atoms. The van der Waals surface area contributed by atoms with E-state index >= 15 is 0 Å². The summed E-state index contributed by atoms with van der Waals surface area (Å²) >= 11 is 6.03. The number of anilines is 2. The van der Waals surface area contributed by atoms with E-state index in [2.05, 4.69) is 44.6 Å². The molecule has 0 unspecified atom stereocenters. The minimum atomic E-state index is 0.218. The Morgan fingerprint density at radius 2 is 2.00 bits per heavy atom. The summed E-state index contributed by atoms with van der Waals surface area (Å²) in [5.74, 6) is 1.27. The summed E-state index contributed by atoms with van der Waals surface area (Å²) in [6.45, 7) is 5.67. The van der Waals surface area contributed by atoms with Gasteiger partial charge in [0.15, 0.2) is 0 Å². The minimum absolute atomic E-state index is 0.218. The number of nitrogens with zero attached hydrogens (tertiary/aromatic N) is 4. The van der Waals surface area contributed by atoms with Crippen LogP contribution >= 0.6 is 11.6 Å². The second-order valence-corrected chi connectivity index (χ2v) is 6.77. The molecule has 8 heteroatoms. The van der Waals surface area contributed by atoms with Gasteiger partial charge in [0.05, 0.1) is 0 Å². The molecular formula is C18H26ClN7. The predicted molar refractivity (Wildman–Crippen MR) is 110 cm³/mol. The lowest BCUT2D eigenvalue weighted by Gasteiger charge is -2.11. The van der Waals surface area contributed by atoms with Crippen LogP contribution in [0.25, 0.3) is 0 Å². The second-order valence-electron chi connectivity index (χ2n) is 6.36. The first-order valence-corrected chi connectivity index (χ1v) is 8.83. The number of halogens is 1. The molecule has 0 saturated carbocycles. The van der Waals surface area contributed by atoms with Crippen molar-refractivity contribution >= 4 is 35.0 Å². The van der Waals surface area contributed by atoms with Crippen molar-refractivity contribution < 1.29 is 0 Å². The molecular weight excluding hydrogens is 350 g/mol. The third-order valence-corrected chi connectivity index (χ3v) is 4.01. The van der Waals surface area contributed by atoms with Gasteiger partial charge in [0.2, 0.25) is 5.96 Å². The Morgan fingerprint density at radius 3 is 2.69 bits per heavy atom. The first-order valence-electron chi connectivity index (χ1n) is 8.45. The van der Waals surface area contributed by atoms with Gasteiger partial charge in [0.25, 0.3) is 5.95 Å². The molecule has 2 rings (SSSR count). The summed E-state index contributed by atoms with van der Waals surface area (Å²) in [6, 6.07) is 7.44. The fraction of sp³-hybridized carbons (Fsp3) is 0.389. The Kier molecular flexibility index (Phi) is 7.17. The van der Waals surface area contributed by atoms with E-state index in [9.17, 15) is 0 Å². The zero-order chi connectivity index (χ0) is 19.1. The fourth-order valence-electron chi connectivity index (χ4n) is 2.31. The standard InChI is InChI=1S/C18H26ClN7/c1-12-10-14(6-7-15(12)19)23-17(20)25-18-22-13(2)11-16(24-18)21-8-5-9-26(3)4/h6-7,10-11H,5,8-9H2,1-4H3,(H4,20,21,22,23,24,25). The lowest BCUT2D eigenvalue weighted by atomic mass is 10.2. The molecule has 1 aromatic carbocycles. The summed E-state index contributed by atoms with van der Waals surface area (Å²) in [5, 5.41) is 7.03. The summed E-state index contributed by atoms with van der Waals surface area (Å²) < 4.78 is 0. The van der Waals surface area contributed by atoms with Crippen molar-refractivity contribution in [2.24, 2.45) is 10.7 Å². The molecule has 2 aromatic rings. The lowest BCUT2D eigenvalue weighted by molar-refractivity contribution is 0.405. The molecule has 0 saturated heterocycles. The second kappa shape index (κ2) is 9.35. The van der Waals surface area contributed by atoms with Gasteiger partial charge in [-0.15, -0.1) is 0 Å². The van der Waals surface area contributed by atoms with Gasteiger partial charge in [0.1, 0.15) is 5.82 Å². The Bertz CT molecular complexity index is 774. The topological polar surface area (TPSA) is 91.5 Å². The summed E-state index contributed by atoms with van der Waals surface area (Å²) in [6.07, 6.45) is 1.02. The normalized spacial score (nSPS) is 11.7. The van der Waals surface area contributed by atoms with Crippen molar-refractivity contribution in [3.8, 4) is 0 Å². The minimum Gasteiger partial charge on any atom is -0.370 e. The van der Waals surface area contributed by atoms with Crippen LogP contribution in [0.3, 0.4) is 0 Å². The number of guanidine groups is 1. The highest BCUT2D eigenvalue weighted by molar-refractivity contribution is 6.31. The number of hydrogen-bond acceptors (Lipinski definition) is 5. The Balaban J connectivity index is 2.04. The number of benzene rings is 1. The molecule has 0 radical (unpaired) electrons. The molecule has 0 atom stereocenters. The van der Waals surface area contributed by atoms with E-state index < -0.39 is 0 Å². The Labute approximate surface area is 159 Å². The molecule has 0 aliphatic rings. The van der Waals surface area contributed by atoms with Crippen LogP contribution in [-0.4, -0.2) is 48.0 Å². The van der Waals surface area contributed by atoms with E-state index in [0.717, 1.165) is 42.3 Å². The van der Waals surface area contributed by atoms with Gasteiger partial charge >= 0.3 is 0 Å². The van der Waals surface area contributed by atoms with Gasteiger partial charge in [-0.2, -0.15) is 9.98 Å². The molecule has 0 bridgehead atoms. The molecule has 0 amide bonds. The van der Waals surface area contributed by atoms with Crippen molar-refractivity contribution in [2.45, 2.75) is 20.3 Å². The molecule has 140 valence electrons. The maximum absolute atomic E-state index is 6.03. The van der Waals surface area contributed by atoms with E-state index in [-0.39, 0.29) is 5.96 Å². The van der Waals surface area contributed by atoms with Gasteiger partial charge < -0.3 is 21.3 Å². The van der Waals surface area contributed by atoms with E-state index in [4.69, 9.17) is 17.3 Å². The van der Waals surface area contributed by atoms with Crippen LogP contribution in [0, 0.1) is 13.8 Å². The first kappa shape index (κ1) is 19.9. The predicted octanol–water partition coefficient (Wildman–Crippen LogP) is 3.17. The maximum atomic E-state index is 6.03. The monoisotopic (exact) mass is 375 g/mol. The number of aliphatic imine (C=N–C) groups is 1. The number of aryl methyl sites for hydroxylation is 2. The largest absolute Gasteiger partial charge is 0.370 e. The van der Waals surface area contributed by atoms with Crippen molar-refractivity contribution in [1.82, 2.24) is 14.9 Å². The van der Waals surface area contributed by atoms with Crippen LogP contribution in [0.15, 0.2) is 29.3 Å². The van der Waals surface area contributed by atoms with E-state index in [1.165, 1.54) is 0 Å². The number of nitrogens with one attached hydrogen (secondary N) is 2. The SMILES string of the molecule is Cc1cc(NCCCN(C)C)nc(N=C(N)Nc2ccc(Cl)c(C)c2)n1. The van der Waals surface area contributed by atoms with Crippen LogP contribution in [0.5, 0.6) is 0 Å². The van der Waals surface area contributed by atoms with E-state index in [1.807, 2.05) is 38.1 Å². The molecule has 7 nitrogen and oxygen atoms in total.